The van der Waals surface area contributed by atoms with Crippen LogP contribution in [0.4, 0.5) is 4.79 Å². The Hall–Kier alpha value is -1.26. The molecule has 1 aromatic rings. The van der Waals surface area contributed by atoms with Crippen molar-refractivity contribution in [3.05, 3.63) is 34.3 Å². The van der Waals surface area contributed by atoms with Gasteiger partial charge in [-0.25, -0.2) is 4.79 Å². The Labute approximate surface area is 137 Å². The normalized spacial score (nSPS) is 22.0. The Morgan fingerprint density at radius 3 is 2.59 bits per heavy atom. The molecule has 1 saturated heterocycles. The number of hydrogen-bond donors (Lipinski definition) is 0. The number of carbonyl (C=O) groups is 1. The van der Waals surface area contributed by atoms with Crippen molar-refractivity contribution < 1.29 is 14.3 Å². The molecule has 0 saturated carbocycles. The highest BCUT2D eigenvalue weighted by Gasteiger charge is 2.38. The van der Waals surface area contributed by atoms with Crippen molar-refractivity contribution in [1.82, 2.24) is 4.90 Å². The number of benzene rings is 1. The molecule has 0 aliphatic carbocycles. The quantitative estimate of drug-likeness (QED) is 0.811. The molecule has 0 aromatic heterocycles. The fourth-order valence-electron chi connectivity index (χ4n) is 2.70. The molecule has 1 amide bonds. The number of amides is 1. The zero-order chi connectivity index (χ0) is 16.5. The zero-order valence-corrected chi connectivity index (χ0v) is 14.6. The fourth-order valence-corrected chi connectivity index (χ4v) is 2.82. The molecule has 1 fully saturated rings. The lowest BCUT2D eigenvalue weighted by molar-refractivity contribution is -0.0305. The number of methoxy groups -OCH3 is 1. The molecule has 1 aromatic carbocycles. The lowest BCUT2D eigenvalue weighted by Gasteiger charge is -2.27. The highest BCUT2D eigenvalue weighted by atomic mass is 35.5. The first-order chi connectivity index (χ1) is 10.2. The molecule has 4 nitrogen and oxygen atoms in total. The molecule has 1 heterocycles. The summed E-state index contributed by atoms with van der Waals surface area (Å²) in [5.74, 6) is 0.230. The van der Waals surface area contributed by atoms with Gasteiger partial charge in [0.15, 0.2) is 0 Å². The Morgan fingerprint density at radius 2 is 2.05 bits per heavy atom. The van der Waals surface area contributed by atoms with Gasteiger partial charge < -0.3 is 9.47 Å². The van der Waals surface area contributed by atoms with Gasteiger partial charge in [0, 0.05) is 31.0 Å². The van der Waals surface area contributed by atoms with Gasteiger partial charge in [-0.2, -0.15) is 0 Å². The highest BCUT2D eigenvalue weighted by molar-refractivity contribution is 6.31. The summed E-state index contributed by atoms with van der Waals surface area (Å²) in [7, 11) is 1.62. The van der Waals surface area contributed by atoms with Crippen molar-refractivity contribution in [3.8, 4) is 0 Å². The van der Waals surface area contributed by atoms with Crippen LogP contribution in [-0.4, -0.2) is 36.5 Å². The van der Waals surface area contributed by atoms with Crippen LogP contribution in [0.3, 0.4) is 0 Å². The summed E-state index contributed by atoms with van der Waals surface area (Å²) in [6.07, 6.45) is 0.181. The van der Waals surface area contributed by atoms with Crippen LogP contribution in [-0.2, 0) is 9.47 Å². The molecule has 1 aliphatic rings. The molecule has 2 rings (SSSR count). The lowest BCUT2D eigenvalue weighted by atomic mass is 9.96. The minimum absolute atomic E-state index is 0.230. The van der Waals surface area contributed by atoms with Gasteiger partial charge in [0.25, 0.3) is 0 Å². The second-order valence-electron chi connectivity index (χ2n) is 6.76. The monoisotopic (exact) mass is 325 g/mol. The standard InChI is InChI=1S/C17H24ClNO3/c1-11-8-12(6-7-14(11)18)13-9-15(21-5)19(10-13)16(20)22-17(2,3)4/h6-8,13,15H,9-10H2,1-5H3/t13-,15+/m1/s1. The number of carbonyl (C=O) groups excluding carboxylic acids is 1. The van der Waals surface area contributed by atoms with E-state index in [4.69, 9.17) is 21.1 Å². The van der Waals surface area contributed by atoms with Crippen LogP contribution in [0.25, 0.3) is 0 Å². The predicted octanol–water partition coefficient (Wildman–Crippen LogP) is 4.35. The second kappa shape index (κ2) is 6.47. The SMILES string of the molecule is CO[C@H]1C[C@@H](c2ccc(Cl)c(C)c2)CN1C(=O)OC(C)(C)C. The molecule has 2 atom stereocenters. The van der Waals surface area contributed by atoms with Crippen LogP contribution in [0.15, 0.2) is 18.2 Å². The summed E-state index contributed by atoms with van der Waals surface area (Å²) < 4.78 is 10.9. The lowest BCUT2D eigenvalue weighted by Crippen LogP contribution is -2.40. The summed E-state index contributed by atoms with van der Waals surface area (Å²) in [5, 5.41) is 0.758. The fraction of sp³-hybridized carbons (Fsp3) is 0.588. The number of hydrogen-bond acceptors (Lipinski definition) is 3. The van der Waals surface area contributed by atoms with Gasteiger partial charge in [-0.1, -0.05) is 23.7 Å². The van der Waals surface area contributed by atoms with Crippen molar-refractivity contribution in [1.29, 1.82) is 0 Å². The molecule has 0 bridgehead atoms. The molecule has 1 aliphatic heterocycles. The minimum Gasteiger partial charge on any atom is -0.444 e. The number of nitrogens with zero attached hydrogens (tertiary/aromatic N) is 1. The summed E-state index contributed by atoms with van der Waals surface area (Å²) in [5.41, 5.74) is 1.71. The number of likely N-dealkylation sites (tertiary alicyclic amines) is 1. The maximum Gasteiger partial charge on any atom is 0.412 e. The molecule has 122 valence electrons. The van der Waals surface area contributed by atoms with Gasteiger partial charge in [-0.05, 0) is 44.9 Å². The van der Waals surface area contributed by atoms with E-state index < -0.39 is 5.60 Å². The van der Waals surface area contributed by atoms with Crippen molar-refractivity contribution >= 4 is 17.7 Å². The summed E-state index contributed by atoms with van der Waals surface area (Å²) in [6, 6.07) is 6.01. The van der Waals surface area contributed by atoms with Gasteiger partial charge >= 0.3 is 6.09 Å². The van der Waals surface area contributed by atoms with Gasteiger partial charge in [0.2, 0.25) is 0 Å². The van der Waals surface area contributed by atoms with Crippen LogP contribution in [0.5, 0.6) is 0 Å². The van der Waals surface area contributed by atoms with Gasteiger partial charge in [-0.3, -0.25) is 4.90 Å². The number of halogens is 1. The Balaban J connectivity index is 2.14. The third-order valence-electron chi connectivity index (χ3n) is 3.80. The van der Waals surface area contributed by atoms with Crippen molar-refractivity contribution in [3.63, 3.8) is 0 Å². The molecule has 0 spiro atoms. The highest BCUT2D eigenvalue weighted by Crippen LogP contribution is 2.34. The Morgan fingerprint density at radius 1 is 1.36 bits per heavy atom. The van der Waals surface area contributed by atoms with Crippen molar-refractivity contribution in [2.24, 2.45) is 0 Å². The number of ether oxygens (including phenoxy) is 2. The topological polar surface area (TPSA) is 38.8 Å². The number of rotatable bonds is 2. The van der Waals surface area contributed by atoms with Crippen molar-refractivity contribution in [2.75, 3.05) is 13.7 Å². The van der Waals surface area contributed by atoms with E-state index in [1.54, 1.807) is 12.0 Å². The maximum absolute atomic E-state index is 12.3. The Kier molecular flexibility index (Phi) is 5.03. The first-order valence-corrected chi connectivity index (χ1v) is 7.87. The molecular formula is C17H24ClNO3. The first kappa shape index (κ1) is 17.1. The number of aryl methyl sites for hydroxylation is 1. The van der Waals surface area contributed by atoms with E-state index in [2.05, 4.69) is 6.07 Å². The van der Waals surface area contributed by atoms with E-state index in [-0.39, 0.29) is 18.2 Å². The predicted molar refractivity (Wildman–Crippen MR) is 87.3 cm³/mol. The average molecular weight is 326 g/mol. The first-order valence-electron chi connectivity index (χ1n) is 7.49. The van der Waals surface area contributed by atoms with E-state index in [1.807, 2.05) is 39.8 Å². The third kappa shape index (κ3) is 3.93. The van der Waals surface area contributed by atoms with Crippen LogP contribution in [0, 0.1) is 6.92 Å². The summed E-state index contributed by atoms with van der Waals surface area (Å²) in [6.45, 7) is 8.17. The van der Waals surface area contributed by atoms with E-state index in [0.29, 0.717) is 6.54 Å². The van der Waals surface area contributed by atoms with Crippen LogP contribution < -0.4 is 0 Å². The van der Waals surface area contributed by atoms with Crippen LogP contribution in [0.2, 0.25) is 5.02 Å². The molecule has 0 radical (unpaired) electrons. The van der Waals surface area contributed by atoms with E-state index in [1.165, 1.54) is 5.56 Å². The molecule has 5 heteroatoms. The van der Waals surface area contributed by atoms with E-state index in [0.717, 1.165) is 17.0 Å². The summed E-state index contributed by atoms with van der Waals surface area (Å²) in [4.78, 5) is 14.0. The zero-order valence-electron chi connectivity index (χ0n) is 13.9. The minimum atomic E-state index is -0.510. The summed E-state index contributed by atoms with van der Waals surface area (Å²) >= 11 is 6.09. The third-order valence-corrected chi connectivity index (χ3v) is 4.23. The molecule has 0 unspecified atom stereocenters. The molecule has 0 N–H and O–H groups in total. The largest absolute Gasteiger partial charge is 0.444 e. The molecular weight excluding hydrogens is 302 g/mol. The van der Waals surface area contributed by atoms with Crippen LogP contribution in [0.1, 0.15) is 44.2 Å². The van der Waals surface area contributed by atoms with Crippen molar-refractivity contribution in [2.45, 2.75) is 51.9 Å². The smallest absolute Gasteiger partial charge is 0.412 e. The average Bonchev–Trinajstić information content (AvgIpc) is 2.84. The maximum atomic E-state index is 12.3. The van der Waals surface area contributed by atoms with Gasteiger partial charge in [-0.15, -0.1) is 0 Å². The second-order valence-corrected chi connectivity index (χ2v) is 7.17. The molecule has 22 heavy (non-hydrogen) atoms. The van der Waals surface area contributed by atoms with Crippen LogP contribution >= 0.6 is 11.6 Å². The van der Waals surface area contributed by atoms with E-state index >= 15 is 0 Å². The van der Waals surface area contributed by atoms with Gasteiger partial charge in [0.05, 0.1) is 0 Å². The van der Waals surface area contributed by atoms with Gasteiger partial charge in [0.1, 0.15) is 11.8 Å². The van der Waals surface area contributed by atoms with E-state index in [9.17, 15) is 4.79 Å². The Bertz CT molecular complexity index is 553.